The normalized spacial score (nSPS) is 15.0. The molecular formula is C17H17NO. The second-order valence-corrected chi connectivity index (χ2v) is 5.30. The molecular weight excluding hydrogens is 234 g/mol. The zero-order valence-corrected chi connectivity index (χ0v) is 11.1. The van der Waals surface area contributed by atoms with Crippen LogP contribution in [0.2, 0.25) is 0 Å². The molecule has 1 aliphatic rings. The second-order valence-electron chi connectivity index (χ2n) is 5.30. The number of carbonyl (C=O) groups is 1. The SMILES string of the molecule is Cc1cncc(C(=O)c2ccccc2C2CCC2)c1. The molecule has 0 saturated heterocycles. The summed E-state index contributed by atoms with van der Waals surface area (Å²) in [7, 11) is 0. The third-order valence-electron chi connectivity index (χ3n) is 3.89. The standard InChI is InChI=1S/C17H17NO/c1-12-9-14(11-18-10-12)17(19)16-8-3-2-7-15(16)13-5-4-6-13/h2-3,7-11,13H,4-6H2,1H3. The highest BCUT2D eigenvalue weighted by atomic mass is 16.1. The number of rotatable bonds is 3. The predicted octanol–water partition coefficient (Wildman–Crippen LogP) is 3.89. The van der Waals surface area contributed by atoms with Gasteiger partial charge in [0, 0.05) is 23.5 Å². The van der Waals surface area contributed by atoms with E-state index < -0.39 is 0 Å². The summed E-state index contributed by atoms with van der Waals surface area (Å²) in [5, 5.41) is 0. The Morgan fingerprint density at radius 1 is 1.21 bits per heavy atom. The lowest BCUT2D eigenvalue weighted by Gasteiger charge is -2.27. The number of ketones is 1. The minimum atomic E-state index is 0.0960. The van der Waals surface area contributed by atoms with Crippen molar-refractivity contribution < 1.29 is 4.79 Å². The number of carbonyl (C=O) groups excluding carboxylic acids is 1. The number of benzene rings is 1. The van der Waals surface area contributed by atoms with E-state index in [0.717, 1.165) is 11.1 Å². The summed E-state index contributed by atoms with van der Waals surface area (Å²) in [6.07, 6.45) is 7.12. The van der Waals surface area contributed by atoms with E-state index in [2.05, 4.69) is 11.1 Å². The molecule has 2 nitrogen and oxygen atoms in total. The van der Waals surface area contributed by atoms with Crippen LogP contribution in [0.1, 0.15) is 52.2 Å². The molecule has 0 spiro atoms. The van der Waals surface area contributed by atoms with E-state index in [4.69, 9.17) is 0 Å². The van der Waals surface area contributed by atoms with Crippen molar-refractivity contribution in [3.05, 3.63) is 65.0 Å². The fraction of sp³-hybridized carbons (Fsp3) is 0.294. The third-order valence-corrected chi connectivity index (χ3v) is 3.89. The maximum Gasteiger partial charge on any atom is 0.194 e. The predicted molar refractivity (Wildman–Crippen MR) is 75.4 cm³/mol. The van der Waals surface area contributed by atoms with Gasteiger partial charge < -0.3 is 0 Å². The summed E-state index contributed by atoms with van der Waals surface area (Å²) in [6, 6.07) is 9.92. The molecule has 1 fully saturated rings. The summed E-state index contributed by atoms with van der Waals surface area (Å²) in [4.78, 5) is 16.7. The van der Waals surface area contributed by atoms with Crippen molar-refractivity contribution in [3.63, 3.8) is 0 Å². The molecule has 0 unspecified atom stereocenters. The largest absolute Gasteiger partial charge is 0.289 e. The maximum absolute atomic E-state index is 12.6. The summed E-state index contributed by atoms with van der Waals surface area (Å²) in [5.41, 5.74) is 3.76. The van der Waals surface area contributed by atoms with Crippen molar-refractivity contribution in [1.82, 2.24) is 4.98 Å². The number of hydrogen-bond acceptors (Lipinski definition) is 2. The topological polar surface area (TPSA) is 30.0 Å². The van der Waals surface area contributed by atoms with Crippen LogP contribution in [0.5, 0.6) is 0 Å². The summed E-state index contributed by atoms with van der Waals surface area (Å²) in [6.45, 7) is 1.96. The van der Waals surface area contributed by atoms with Crippen molar-refractivity contribution in [2.24, 2.45) is 0 Å². The van der Waals surface area contributed by atoms with Crippen LogP contribution in [0.15, 0.2) is 42.7 Å². The average Bonchev–Trinajstić information content (AvgIpc) is 2.37. The molecule has 1 aromatic heterocycles. The van der Waals surface area contributed by atoms with Crippen LogP contribution >= 0.6 is 0 Å². The maximum atomic E-state index is 12.6. The molecule has 0 atom stereocenters. The van der Waals surface area contributed by atoms with E-state index in [0.29, 0.717) is 11.5 Å². The molecule has 0 aliphatic heterocycles. The number of aromatic nitrogens is 1. The zero-order valence-electron chi connectivity index (χ0n) is 11.1. The van der Waals surface area contributed by atoms with Crippen LogP contribution in [0.3, 0.4) is 0 Å². The fourth-order valence-electron chi connectivity index (χ4n) is 2.61. The van der Waals surface area contributed by atoms with Gasteiger partial charge in [-0.25, -0.2) is 0 Å². The van der Waals surface area contributed by atoms with Crippen LogP contribution in [0.25, 0.3) is 0 Å². The van der Waals surface area contributed by atoms with Gasteiger partial charge in [0.15, 0.2) is 5.78 Å². The van der Waals surface area contributed by atoms with Gasteiger partial charge in [-0.1, -0.05) is 30.7 Å². The summed E-state index contributed by atoms with van der Waals surface area (Å²) < 4.78 is 0. The van der Waals surface area contributed by atoms with E-state index in [1.807, 2.05) is 31.2 Å². The Hall–Kier alpha value is -1.96. The van der Waals surface area contributed by atoms with Crippen molar-refractivity contribution in [1.29, 1.82) is 0 Å². The number of hydrogen-bond donors (Lipinski definition) is 0. The Bertz CT molecular complexity index is 614. The van der Waals surface area contributed by atoms with Gasteiger partial charge in [0.1, 0.15) is 0 Å². The first-order chi connectivity index (χ1) is 9.25. The van der Waals surface area contributed by atoms with Crippen molar-refractivity contribution in [3.8, 4) is 0 Å². The van der Waals surface area contributed by atoms with Gasteiger partial charge in [-0.2, -0.15) is 0 Å². The Labute approximate surface area is 113 Å². The molecule has 0 amide bonds. The molecule has 0 N–H and O–H groups in total. The van der Waals surface area contributed by atoms with Gasteiger partial charge >= 0.3 is 0 Å². The number of aryl methyl sites for hydroxylation is 1. The molecule has 0 radical (unpaired) electrons. The highest BCUT2D eigenvalue weighted by Crippen LogP contribution is 2.38. The fourth-order valence-corrected chi connectivity index (χ4v) is 2.61. The van der Waals surface area contributed by atoms with Gasteiger partial charge in [0.2, 0.25) is 0 Å². The number of nitrogens with zero attached hydrogens (tertiary/aromatic N) is 1. The van der Waals surface area contributed by atoms with Crippen molar-refractivity contribution in [2.75, 3.05) is 0 Å². The molecule has 96 valence electrons. The lowest BCUT2D eigenvalue weighted by Crippen LogP contribution is -2.14. The monoisotopic (exact) mass is 251 g/mol. The molecule has 3 rings (SSSR count). The van der Waals surface area contributed by atoms with E-state index in [9.17, 15) is 4.79 Å². The third kappa shape index (κ3) is 2.30. The molecule has 2 heteroatoms. The highest BCUT2D eigenvalue weighted by molar-refractivity contribution is 6.09. The molecule has 1 heterocycles. The first-order valence-corrected chi connectivity index (χ1v) is 6.81. The minimum Gasteiger partial charge on any atom is -0.289 e. The van der Waals surface area contributed by atoms with E-state index in [-0.39, 0.29) is 5.78 Å². The molecule has 0 bridgehead atoms. The van der Waals surface area contributed by atoms with Crippen LogP contribution in [-0.2, 0) is 0 Å². The van der Waals surface area contributed by atoms with E-state index >= 15 is 0 Å². The van der Waals surface area contributed by atoms with E-state index in [1.165, 1.54) is 24.8 Å². The summed E-state index contributed by atoms with van der Waals surface area (Å²) >= 11 is 0. The molecule has 2 aromatic rings. The van der Waals surface area contributed by atoms with Gasteiger partial charge in [-0.05, 0) is 42.9 Å². The first kappa shape index (κ1) is 12.1. The van der Waals surface area contributed by atoms with E-state index in [1.54, 1.807) is 12.4 Å². The van der Waals surface area contributed by atoms with Gasteiger partial charge in [-0.15, -0.1) is 0 Å². The lowest BCUT2D eigenvalue weighted by molar-refractivity contribution is 0.103. The molecule has 1 saturated carbocycles. The van der Waals surface area contributed by atoms with Gasteiger partial charge in [0.25, 0.3) is 0 Å². The van der Waals surface area contributed by atoms with Crippen LogP contribution in [0, 0.1) is 6.92 Å². The van der Waals surface area contributed by atoms with Gasteiger partial charge in [0.05, 0.1) is 0 Å². The minimum absolute atomic E-state index is 0.0960. The van der Waals surface area contributed by atoms with Gasteiger partial charge in [-0.3, -0.25) is 9.78 Å². The Morgan fingerprint density at radius 3 is 2.68 bits per heavy atom. The highest BCUT2D eigenvalue weighted by Gasteiger charge is 2.24. The molecule has 1 aromatic carbocycles. The number of pyridine rings is 1. The molecule has 1 aliphatic carbocycles. The van der Waals surface area contributed by atoms with Crippen molar-refractivity contribution >= 4 is 5.78 Å². The average molecular weight is 251 g/mol. The Morgan fingerprint density at radius 2 is 2.00 bits per heavy atom. The second kappa shape index (κ2) is 4.96. The van der Waals surface area contributed by atoms with Crippen LogP contribution in [0.4, 0.5) is 0 Å². The lowest BCUT2D eigenvalue weighted by atomic mass is 9.77. The Balaban J connectivity index is 1.99. The quantitative estimate of drug-likeness (QED) is 0.775. The van der Waals surface area contributed by atoms with Crippen LogP contribution < -0.4 is 0 Å². The summed E-state index contributed by atoms with van der Waals surface area (Å²) in [5.74, 6) is 0.664. The molecule has 19 heavy (non-hydrogen) atoms. The Kier molecular flexibility index (Phi) is 3.16. The smallest absolute Gasteiger partial charge is 0.194 e. The van der Waals surface area contributed by atoms with Crippen molar-refractivity contribution in [2.45, 2.75) is 32.1 Å². The van der Waals surface area contributed by atoms with Crippen LogP contribution in [-0.4, -0.2) is 10.8 Å². The first-order valence-electron chi connectivity index (χ1n) is 6.81. The zero-order chi connectivity index (χ0) is 13.2.